The van der Waals surface area contributed by atoms with Crippen LogP contribution in [0.15, 0.2) is 24.3 Å². The van der Waals surface area contributed by atoms with E-state index in [0.717, 1.165) is 32.1 Å². The van der Waals surface area contributed by atoms with Crippen LogP contribution in [0, 0.1) is 0 Å². The standard InChI is InChI=1S/C28H52O4/c1-3-5-7-8-9-10-11-12-13-14-15-16-17-18-19-20-22-24-31-26-27(25-29)32-28(30)23-21-6-4-2/h10-11,13-14,27,29H,3-9,12,15-26H2,1-2H3/b11-10-,14-13-. The third-order valence-electron chi connectivity index (χ3n) is 5.53. The summed E-state index contributed by atoms with van der Waals surface area (Å²) in [7, 11) is 0. The highest BCUT2D eigenvalue weighted by atomic mass is 16.6. The van der Waals surface area contributed by atoms with Crippen molar-refractivity contribution in [2.75, 3.05) is 19.8 Å². The van der Waals surface area contributed by atoms with Gasteiger partial charge in [-0.1, -0.05) is 95.9 Å². The van der Waals surface area contributed by atoms with Gasteiger partial charge in [-0.05, 0) is 44.9 Å². The zero-order valence-electron chi connectivity index (χ0n) is 21.2. The molecule has 0 amide bonds. The van der Waals surface area contributed by atoms with Gasteiger partial charge in [-0.2, -0.15) is 0 Å². The van der Waals surface area contributed by atoms with Crippen LogP contribution >= 0.6 is 0 Å². The fourth-order valence-corrected chi connectivity index (χ4v) is 3.47. The molecule has 0 heterocycles. The molecule has 1 N–H and O–H groups in total. The minimum Gasteiger partial charge on any atom is -0.457 e. The summed E-state index contributed by atoms with van der Waals surface area (Å²) < 4.78 is 10.8. The van der Waals surface area contributed by atoms with Gasteiger partial charge in [0.15, 0.2) is 0 Å². The molecule has 0 saturated carbocycles. The number of rotatable bonds is 24. The third-order valence-corrected chi connectivity index (χ3v) is 5.53. The second kappa shape index (κ2) is 26.1. The number of hydrogen-bond donors (Lipinski definition) is 1. The largest absolute Gasteiger partial charge is 0.457 e. The van der Waals surface area contributed by atoms with Crippen LogP contribution in [0.1, 0.15) is 123 Å². The summed E-state index contributed by atoms with van der Waals surface area (Å²) in [6.45, 7) is 5.13. The van der Waals surface area contributed by atoms with Crippen LogP contribution in [0.5, 0.6) is 0 Å². The van der Waals surface area contributed by atoms with Crippen molar-refractivity contribution < 1.29 is 19.4 Å². The van der Waals surface area contributed by atoms with E-state index in [0.29, 0.717) is 13.0 Å². The smallest absolute Gasteiger partial charge is 0.306 e. The first-order valence-electron chi connectivity index (χ1n) is 13.4. The van der Waals surface area contributed by atoms with E-state index in [4.69, 9.17) is 9.47 Å². The first-order chi connectivity index (χ1) is 15.7. The summed E-state index contributed by atoms with van der Waals surface area (Å²) in [6, 6.07) is 0. The maximum absolute atomic E-state index is 11.7. The van der Waals surface area contributed by atoms with Crippen molar-refractivity contribution in [3.05, 3.63) is 24.3 Å². The lowest BCUT2D eigenvalue weighted by molar-refractivity contribution is -0.154. The van der Waals surface area contributed by atoms with Gasteiger partial charge in [0.2, 0.25) is 0 Å². The maximum Gasteiger partial charge on any atom is 0.306 e. The lowest BCUT2D eigenvalue weighted by atomic mass is 10.1. The summed E-state index contributed by atoms with van der Waals surface area (Å²) in [5.74, 6) is -0.231. The molecule has 0 aliphatic heterocycles. The molecule has 188 valence electrons. The zero-order chi connectivity index (χ0) is 23.5. The van der Waals surface area contributed by atoms with E-state index in [1.54, 1.807) is 0 Å². The van der Waals surface area contributed by atoms with E-state index in [1.807, 2.05) is 0 Å². The number of unbranched alkanes of at least 4 members (excludes halogenated alkanes) is 12. The molecule has 32 heavy (non-hydrogen) atoms. The Morgan fingerprint density at radius 1 is 0.750 bits per heavy atom. The molecule has 0 aromatic rings. The monoisotopic (exact) mass is 452 g/mol. The second-order valence-electron chi connectivity index (χ2n) is 8.76. The van der Waals surface area contributed by atoms with Gasteiger partial charge >= 0.3 is 5.97 Å². The highest BCUT2D eigenvalue weighted by Crippen LogP contribution is 2.09. The van der Waals surface area contributed by atoms with Crippen LogP contribution in [-0.2, 0) is 14.3 Å². The predicted octanol–water partition coefficient (Wildman–Crippen LogP) is 7.69. The summed E-state index contributed by atoms with van der Waals surface area (Å²) in [6.07, 6.45) is 28.2. The average Bonchev–Trinajstić information content (AvgIpc) is 2.80. The van der Waals surface area contributed by atoms with Gasteiger partial charge in [0.1, 0.15) is 6.10 Å². The van der Waals surface area contributed by atoms with E-state index >= 15 is 0 Å². The molecule has 0 aliphatic rings. The van der Waals surface area contributed by atoms with Gasteiger partial charge in [-0.3, -0.25) is 4.79 Å². The van der Waals surface area contributed by atoms with Crippen molar-refractivity contribution in [3.8, 4) is 0 Å². The number of carbonyl (C=O) groups is 1. The molecule has 4 nitrogen and oxygen atoms in total. The maximum atomic E-state index is 11.7. The molecule has 0 bridgehead atoms. The number of ether oxygens (including phenoxy) is 2. The molecule has 0 spiro atoms. The molecule has 0 aromatic carbocycles. The van der Waals surface area contributed by atoms with E-state index in [-0.39, 0.29) is 19.2 Å². The molecule has 4 heteroatoms. The first-order valence-corrected chi connectivity index (χ1v) is 13.4. The number of esters is 1. The van der Waals surface area contributed by atoms with E-state index in [2.05, 4.69) is 38.2 Å². The summed E-state index contributed by atoms with van der Waals surface area (Å²) >= 11 is 0. The molecule has 0 rings (SSSR count). The quantitative estimate of drug-likeness (QED) is 0.0926. The number of allylic oxidation sites excluding steroid dienone is 4. The van der Waals surface area contributed by atoms with Crippen LogP contribution in [-0.4, -0.2) is 37.0 Å². The van der Waals surface area contributed by atoms with E-state index < -0.39 is 6.10 Å². The van der Waals surface area contributed by atoms with Gasteiger partial charge in [0, 0.05) is 13.0 Å². The molecular formula is C28H52O4. The van der Waals surface area contributed by atoms with Crippen molar-refractivity contribution >= 4 is 5.97 Å². The highest BCUT2D eigenvalue weighted by Gasteiger charge is 2.13. The highest BCUT2D eigenvalue weighted by molar-refractivity contribution is 5.69. The van der Waals surface area contributed by atoms with Gasteiger partial charge in [-0.15, -0.1) is 0 Å². The normalized spacial score (nSPS) is 12.7. The Labute approximate surface area is 198 Å². The van der Waals surface area contributed by atoms with Crippen molar-refractivity contribution in [1.29, 1.82) is 0 Å². The topological polar surface area (TPSA) is 55.8 Å². The Morgan fingerprint density at radius 2 is 1.31 bits per heavy atom. The van der Waals surface area contributed by atoms with Crippen LogP contribution in [0.3, 0.4) is 0 Å². The van der Waals surface area contributed by atoms with Gasteiger partial charge in [0.25, 0.3) is 0 Å². The SMILES string of the molecule is CCCCCC/C=C\C/C=C\CCCCCCCCOCC(CO)OC(=O)CCCCC. The zero-order valence-corrected chi connectivity index (χ0v) is 21.2. The molecular weight excluding hydrogens is 400 g/mol. The number of aliphatic hydroxyl groups excluding tert-OH is 1. The lowest BCUT2D eigenvalue weighted by Crippen LogP contribution is -2.27. The van der Waals surface area contributed by atoms with Gasteiger partial charge in [-0.25, -0.2) is 0 Å². The molecule has 0 fully saturated rings. The molecule has 1 unspecified atom stereocenters. The van der Waals surface area contributed by atoms with Gasteiger partial charge < -0.3 is 14.6 Å². The Morgan fingerprint density at radius 3 is 1.94 bits per heavy atom. The average molecular weight is 453 g/mol. The van der Waals surface area contributed by atoms with Crippen molar-refractivity contribution in [2.24, 2.45) is 0 Å². The van der Waals surface area contributed by atoms with Gasteiger partial charge in [0.05, 0.1) is 13.2 Å². The summed E-state index contributed by atoms with van der Waals surface area (Å²) in [5.41, 5.74) is 0. The third kappa shape index (κ3) is 23.5. The van der Waals surface area contributed by atoms with Crippen molar-refractivity contribution in [2.45, 2.75) is 129 Å². The minimum atomic E-state index is -0.529. The Balaban J connectivity index is 3.40. The van der Waals surface area contributed by atoms with Crippen LogP contribution in [0.4, 0.5) is 0 Å². The van der Waals surface area contributed by atoms with E-state index in [9.17, 15) is 9.90 Å². The first kappa shape index (κ1) is 30.9. The van der Waals surface area contributed by atoms with Crippen molar-refractivity contribution in [3.63, 3.8) is 0 Å². The van der Waals surface area contributed by atoms with Crippen LogP contribution < -0.4 is 0 Å². The number of aliphatic hydroxyl groups is 1. The minimum absolute atomic E-state index is 0.177. The Kier molecular flexibility index (Phi) is 25.2. The molecule has 1 atom stereocenters. The number of hydrogen-bond acceptors (Lipinski definition) is 4. The summed E-state index contributed by atoms with van der Waals surface area (Å²) in [4.78, 5) is 11.7. The molecule has 0 saturated heterocycles. The fraction of sp³-hybridized carbons (Fsp3) is 0.821. The summed E-state index contributed by atoms with van der Waals surface area (Å²) in [5, 5.41) is 9.33. The molecule has 0 radical (unpaired) electrons. The Hall–Kier alpha value is -1.13. The molecule has 0 aromatic heterocycles. The fourth-order valence-electron chi connectivity index (χ4n) is 3.47. The second-order valence-corrected chi connectivity index (χ2v) is 8.76. The van der Waals surface area contributed by atoms with E-state index in [1.165, 1.54) is 70.6 Å². The predicted molar refractivity (Wildman–Crippen MR) is 136 cm³/mol. The lowest BCUT2D eigenvalue weighted by Gasteiger charge is -2.15. The van der Waals surface area contributed by atoms with Crippen LogP contribution in [0.2, 0.25) is 0 Å². The number of carbonyl (C=O) groups excluding carboxylic acids is 1. The van der Waals surface area contributed by atoms with Crippen LogP contribution in [0.25, 0.3) is 0 Å². The van der Waals surface area contributed by atoms with Crippen molar-refractivity contribution in [1.82, 2.24) is 0 Å². The Bertz CT molecular complexity index is 445. The molecule has 0 aliphatic carbocycles.